The van der Waals surface area contributed by atoms with Gasteiger partial charge in [0.1, 0.15) is 5.82 Å². The monoisotopic (exact) mass is 243 g/mol. The van der Waals surface area contributed by atoms with E-state index < -0.39 is 5.60 Å². The Hall–Kier alpha value is -0.640. The van der Waals surface area contributed by atoms with Crippen LogP contribution in [0.5, 0.6) is 0 Å². The number of aliphatic hydroxyl groups is 1. The Kier molecular flexibility index (Phi) is 3.19. The van der Waals surface area contributed by atoms with Crippen LogP contribution in [0.2, 0.25) is 5.02 Å². The Labute approximate surface area is 99.6 Å². The van der Waals surface area contributed by atoms with Gasteiger partial charge in [-0.3, -0.25) is 0 Å². The van der Waals surface area contributed by atoms with E-state index in [1.54, 1.807) is 0 Å². The average Bonchev–Trinajstić information content (AvgIpc) is 2.26. The molecule has 1 aromatic rings. The molecule has 0 atom stereocenters. The van der Waals surface area contributed by atoms with Gasteiger partial charge in [-0.15, -0.1) is 0 Å². The van der Waals surface area contributed by atoms with Crippen LogP contribution >= 0.6 is 11.6 Å². The van der Waals surface area contributed by atoms with E-state index in [1.807, 2.05) is 7.05 Å². The molecule has 0 spiro atoms. The van der Waals surface area contributed by atoms with Crippen molar-refractivity contribution in [2.45, 2.75) is 18.4 Å². The third-order valence-electron chi connectivity index (χ3n) is 3.24. The van der Waals surface area contributed by atoms with Crippen LogP contribution in [-0.2, 0) is 5.60 Å². The Morgan fingerprint density at radius 1 is 1.38 bits per heavy atom. The Balaban J connectivity index is 2.32. The second-order valence-corrected chi connectivity index (χ2v) is 4.87. The lowest BCUT2D eigenvalue weighted by Gasteiger charge is -2.37. The maximum absolute atomic E-state index is 13.2. The molecule has 88 valence electrons. The standard InChI is InChI=1S/C12H15ClFNO/c1-15-6-4-12(16,5-7-15)10-8-9(14)2-3-11(10)13/h2-3,8,16H,4-7H2,1H3. The van der Waals surface area contributed by atoms with Gasteiger partial charge in [0.05, 0.1) is 5.60 Å². The zero-order valence-corrected chi connectivity index (χ0v) is 9.97. The molecular formula is C12H15ClFNO. The van der Waals surface area contributed by atoms with Gasteiger partial charge in [-0.25, -0.2) is 4.39 Å². The fourth-order valence-corrected chi connectivity index (χ4v) is 2.41. The number of piperidine rings is 1. The largest absolute Gasteiger partial charge is 0.385 e. The summed E-state index contributed by atoms with van der Waals surface area (Å²) in [5.41, 5.74) is -0.464. The first-order valence-electron chi connectivity index (χ1n) is 5.38. The highest BCUT2D eigenvalue weighted by atomic mass is 35.5. The summed E-state index contributed by atoms with van der Waals surface area (Å²) in [5, 5.41) is 10.9. The van der Waals surface area contributed by atoms with Crippen molar-refractivity contribution in [1.82, 2.24) is 4.90 Å². The third kappa shape index (κ3) is 2.21. The first kappa shape index (κ1) is 11.8. The molecule has 0 radical (unpaired) electrons. The summed E-state index contributed by atoms with van der Waals surface area (Å²) < 4.78 is 13.2. The fourth-order valence-electron chi connectivity index (χ4n) is 2.11. The molecule has 1 aliphatic heterocycles. The van der Waals surface area contributed by atoms with E-state index in [2.05, 4.69) is 4.90 Å². The highest BCUT2D eigenvalue weighted by Crippen LogP contribution is 2.36. The SMILES string of the molecule is CN1CCC(O)(c2cc(F)ccc2Cl)CC1. The van der Waals surface area contributed by atoms with Crippen LogP contribution in [-0.4, -0.2) is 30.1 Å². The number of rotatable bonds is 1. The predicted molar refractivity (Wildman–Crippen MR) is 62.0 cm³/mol. The van der Waals surface area contributed by atoms with E-state index in [-0.39, 0.29) is 5.82 Å². The molecule has 0 aromatic heterocycles. The van der Waals surface area contributed by atoms with Gasteiger partial charge in [-0.1, -0.05) is 11.6 Å². The Bertz CT molecular complexity index is 389. The van der Waals surface area contributed by atoms with Gasteiger partial charge in [-0.05, 0) is 38.1 Å². The Morgan fingerprint density at radius 3 is 2.62 bits per heavy atom. The number of likely N-dealkylation sites (tertiary alicyclic amines) is 1. The summed E-state index contributed by atoms with van der Waals surface area (Å²) in [7, 11) is 2.01. The first-order chi connectivity index (χ1) is 7.51. The van der Waals surface area contributed by atoms with Crippen LogP contribution in [0.4, 0.5) is 4.39 Å². The van der Waals surface area contributed by atoms with Crippen LogP contribution in [0.3, 0.4) is 0 Å². The van der Waals surface area contributed by atoms with Gasteiger partial charge in [0.15, 0.2) is 0 Å². The van der Waals surface area contributed by atoms with E-state index in [1.165, 1.54) is 18.2 Å². The molecule has 1 fully saturated rings. The summed E-state index contributed by atoms with van der Waals surface area (Å²) in [4.78, 5) is 2.14. The smallest absolute Gasteiger partial charge is 0.123 e. The van der Waals surface area contributed by atoms with E-state index in [9.17, 15) is 9.50 Å². The highest BCUT2D eigenvalue weighted by molar-refractivity contribution is 6.31. The van der Waals surface area contributed by atoms with E-state index >= 15 is 0 Å². The third-order valence-corrected chi connectivity index (χ3v) is 3.57. The molecule has 1 N–H and O–H groups in total. The zero-order valence-electron chi connectivity index (χ0n) is 9.21. The van der Waals surface area contributed by atoms with Gasteiger partial charge in [0.2, 0.25) is 0 Å². The van der Waals surface area contributed by atoms with E-state index in [0.717, 1.165) is 13.1 Å². The lowest BCUT2D eigenvalue weighted by molar-refractivity contribution is -0.0204. The van der Waals surface area contributed by atoms with Crippen molar-refractivity contribution in [3.63, 3.8) is 0 Å². The maximum atomic E-state index is 13.2. The number of nitrogens with zero attached hydrogens (tertiary/aromatic N) is 1. The van der Waals surface area contributed by atoms with Gasteiger partial charge in [0, 0.05) is 23.7 Å². The van der Waals surface area contributed by atoms with Crippen molar-refractivity contribution in [1.29, 1.82) is 0 Å². The summed E-state index contributed by atoms with van der Waals surface area (Å²) in [6.07, 6.45) is 1.18. The van der Waals surface area contributed by atoms with E-state index in [0.29, 0.717) is 23.4 Å². The van der Waals surface area contributed by atoms with Crippen LogP contribution in [0, 0.1) is 5.82 Å². The molecule has 1 heterocycles. The van der Waals surface area contributed by atoms with Crippen molar-refractivity contribution in [2.75, 3.05) is 20.1 Å². The minimum atomic E-state index is -0.980. The quantitative estimate of drug-likeness (QED) is 0.819. The van der Waals surface area contributed by atoms with E-state index in [4.69, 9.17) is 11.6 Å². The summed E-state index contributed by atoms with van der Waals surface area (Å²) >= 11 is 6.02. The summed E-state index contributed by atoms with van der Waals surface area (Å²) in [6, 6.07) is 4.15. The van der Waals surface area contributed by atoms with Crippen LogP contribution in [0.25, 0.3) is 0 Å². The van der Waals surface area contributed by atoms with Crippen molar-refractivity contribution in [2.24, 2.45) is 0 Å². The van der Waals surface area contributed by atoms with Gasteiger partial charge in [0.25, 0.3) is 0 Å². The summed E-state index contributed by atoms with van der Waals surface area (Å²) in [5.74, 6) is -0.355. The van der Waals surface area contributed by atoms with Crippen LogP contribution < -0.4 is 0 Å². The minimum Gasteiger partial charge on any atom is -0.385 e. The number of halogens is 2. The highest BCUT2D eigenvalue weighted by Gasteiger charge is 2.34. The second-order valence-electron chi connectivity index (χ2n) is 4.46. The fraction of sp³-hybridized carbons (Fsp3) is 0.500. The van der Waals surface area contributed by atoms with Crippen molar-refractivity contribution >= 4 is 11.6 Å². The topological polar surface area (TPSA) is 23.5 Å². The van der Waals surface area contributed by atoms with Crippen molar-refractivity contribution in [3.8, 4) is 0 Å². The predicted octanol–water partition coefficient (Wildman–Crippen LogP) is 2.39. The molecule has 16 heavy (non-hydrogen) atoms. The molecule has 0 saturated carbocycles. The molecule has 2 nitrogen and oxygen atoms in total. The van der Waals surface area contributed by atoms with Gasteiger partial charge >= 0.3 is 0 Å². The minimum absolute atomic E-state index is 0.355. The van der Waals surface area contributed by atoms with Crippen molar-refractivity contribution < 1.29 is 9.50 Å². The number of benzene rings is 1. The molecule has 4 heteroatoms. The molecule has 1 aromatic carbocycles. The van der Waals surface area contributed by atoms with Crippen molar-refractivity contribution in [3.05, 3.63) is 34.6 Å². The van der Waals surface area contributed by atoms with Gasteiger partial charge < -0.3 is 10.0 Å². The Morgan fingerprint density at radius 2 is 2.00 bits per heavy atom. The number of hydrogen-bond acceptors (Lipinski definition) is 2. The first-order valence-corrected chi connectivity index (χ1v) is 5.75. The molecule has 0 amide bonds. The lowest BCUT2D eigenvalue weighted by Crippen LogP contribution is -2.40. The second kappa shape index (κ2) is 4.32. The number of hydrogen-bond donors (Lipinski definition) is 1. The molecule has 0 aliphatic carbocycles. The van der Waals surface area contributed by atoms with Gasteiger partial charge in [-0.2, -0.15) is 0 Å². The summed E-state index contributed by atoms with van der Waals surface area (Å²) in [6.45, 7) is 1.59. The molecule has 2 rings (SSSR count). The zero-order chi connectivity index (χ0) is 11.8. The average molecular weight is 244 g/mol. The molecule has 1 aliphatic rings. The molecule has 1 saturated heterocycles. The normalized spacial score (nSPS) is 21.0. The molecular weight excluding hydrogens is 229 g/mol. The van der Waals surface area contributed by atoms with Crippen LogP contribution in [0.1, 0.15) is 18.4 Å². The van der Waals surface area contributed by atoms with Crippen LogP contribution in [0.15, 0.2) is 18.2 Å². The molecule has 0 bridgehead atoms. The lowest BCUT2D eigenvalue weighted by atomic mass is 9.84. The maximum Gasteiger partial charge on any atom is 0.123 e. The molecule has 0 unspecified atom stereocenters.